The number of nitrogens with zero attached hydrogens (tertiary/aromatic N) is 1. The molecule has 1 saturated heterocycles. The number of carbonyl (C=O) groups is 1. The fraction of sp³-hybridized carbons (Fsp3) is 0.533. The largest absolute Gasteiger partial charge is 0.300 e. The van der Waals surface area contributed by atoms with E-state index in [1.54, 1.807) is 24.3 Å². The Morgan fingerprint density at radius 3 is 2.67 bits per heavy atom. The summed E-state index contributed by atoms with van der Waals surface area (Å²) in [5.74, 6) is 0.0363. The molecule has 2 rings (SSSR count). The molecule has 1 aliphatic heterocycles. The van der Waals surface area contributed by atoms with E-state index >= 15 is 0 Å². The molecule has 4 nitrogen and oxygen atoms in total. The minimum absolute atomic E-state index is 0.0363. The molecule has 0 saturated carbocycles. The maximum atomic E-state index is 12.9. The summed E-state index contributed by atoms with van der Waals surface area (Å²) in [5, 5.41) is 0. The number of halogens is 1. The molecule has 21 heavy (non-hydrogen) atoms. The highest BCUT2D eigenvalue weighted by Gasteiger charge is 2.33. The molecule has 116 valence electrons. The Bertz CT molecular complexity index is 615. The highest BCUT2D eigenvalue weighted by atomic mass is 79.9. The molecule has 1 fully saturated rings. The van der Waals surface area contributed by atoms with Gasteiger partial charge in [-0.05, 0) is 47.8 Å². The van der Waals surface area contributed by atoms with Crippen molar-refractivity contribution in [2.75, 3.05) is 6.54 Å². The van der Waals surface area contributed by atoms with Crippen molar-refractivity contribution in [3.05, 3.63) is 28.7 Å². The van der Waals surface area contributed by atoms with E-state index in [-0.39, 0.29) is 16.7 Å². The number of Topliss-reactive ketones (excluding diaryl/α,β-unsaturated/α-hetero) is 1. The summed E-state index contributed by atoms with van der Waals surface area (Å²) < 4.78 is 28.0. The number of sulfonamides is 1. The lowest BCUT2D eigenvalue weighted by Gasteiger charge is -2.28. The van der Waals surface area contributed by atoms with Crippen LogP contribution in [0.25, 0.3) is 0 Å². The van der Waals surface area contributed by atoms with Gasteiger partial charge in [0.05, 0.1) is 4.90 Å². The summed E-state index contributed by atoms with van der Waals surface area (Å²) in [6, 6.07) is 6.62. The van der Waals surface area contributed by atoms with E-state index < -0.39 is 10.0 Å². The first kappa shape index (κ1) is 16.6. The Hall–Kier alpha value is -0.720. The van der Waals surface area contributed by atoms with Gasteiger partial charge in [-0.15, -0.1) is 0 Å². The van der Waals surface area contributed by atoms with Crippen LogP contribution in [0.1, 0.15) is 39.0 Å². The molecule has 0 bridgehead atoms. The Labute approximate surface area is 134 Å². The number of rotatable bonds is 4. The molecule has 6 heteroatoms. The Kier molecular flexibility index (Phi) is 5.57. The Balaban J connectivity index is 2.39. The molecule has 1 atom stereocenters. The van der Waals surface area contributed by atoms with Gasteiger partial charge in [0.2, 0.25) is 10.0 Å². The summed E-state index contributed by atoms with van der Waals surface area (Å²) >= 11 is 3.32. The van der Waals surface area contributed by atoms with Crippen LogP contribution in [0.5, 0.6) is 0 Å². The van der Waals surface area contributed by atoms with Crippen LogP contribution in [0.2, 0.25) is 0 Å². The van der Waals surface area contributed by atoms with Crippen molar-refractivity contribution in [1.82, 2.24) is 4.31 Å². The monoisotopic (exact) mass is 373 g/mol. The fourth-order valence-corrected chi connectivity index (χ4v) is 5.44. The van der Waals surface area contributed by atoms with Crippen LogP contribution in [0, 0.1) is 0 Å². The SMILES string of the molecule is CC(=O)CC1CCCCCN1S(=O)(=O)c1ccccc1Br. The normalized spacial score (nSPS) is 21.0. The van der Waals surface area contributed by atoms with E-state index in [4.69, 9.17) is 0 Å². The van der Waals surface area contributed by atoms with E-state index in [1.165, 1.54) is 11.2 Å². The molecule has 1 unspecified atom stereocenters. The van der Waals surface area contributed by atoms with Gasteiger partial charge >= 0.3 is 0 Å². The first-order valence-electron chi connectivity index (χ1n) is 7.18. The quantitative estimate of drug-likeness (QED) is 0.812. The van der Waals surface area contributed by atoms with Crippen LogP contribution in [0.15, 0.2) is 33.6 Å². The number of hydrogen-bond donors (Lipinski definition) is 0. The fourth-order valence-electron chi connectivity index (χ4n) is 2.78. The molecule has 1 heterocycles. The van der Waals surface area contributed by atoms with Crippen molar-refractivity contribution in [1.29, 1.82) is 0 Å². The van der Waals surface area contributed by atoms with Crippen LogP contribution in [-0.2, 0) is 14.8 Å². The highest BCUT2D eigenvalue weighted by Crippen LogP contribution is 2.30. The number of hydrogen-bond acceptors (Lipinski definition) is 3. The van der Waals surface area contributed by atoms with Gasteiger partial charge in [-0.2, -0.15) is 4.31 Å². The van der Waals surface area contributed by atoms with Crippen molar-refractivity contribution < 1.29 is 13.2 Å². The van der Waals surface area contributed by atoms with E-state index in [0.29, 0.717) is 17.4 Å². The average molecular weight is 374 g/mol. The minimum Gasteiger partial charge on any atom is -0.300 e. The van der Waals surface area contributed by atoms with E-state index in [2.05, 4.69) is 15.9 Å². The summed E-state index contributed by atoms with van der Waals surface area (Å²) in [5.41, 5.74) is 0. The van der Waals surface area contributed by atoms with Crippen LogP contribution < -0.4 is 0 Å². The second kappa shape index (κ2) is 7.03. The van der Waals surface area contributed by atoms with Gasteiger partial charge in [-0.25, -0.2) is 8.42 Å². The summed E-state index contributed by atoms with van der Waals surface area (Å²) in [7, 11) is -3.58. The van der Waals surface area contributed by atoms with Crippen molar-refractivity contribution in [3.8, 4) is 0 Å². The molecule has 0 aliphatic carbocycles. The van der Waals surface area contributed by atoms with Crippen molar-refractivity contribution in [3.63, 3.8) is 0 Å². The topological polar surface area (TPSA) is 54.5 Å². The van der Waals surface area contributed by atoms with Gasteiger partial charge in [-0.1, -0.05) is 25.0 Å². The molecule has 0 amide bonds. The molecule has 0 N–H and O–H groups in total. The van der Waals surface area contributed by atoms with E-state index in [0.717, 1.165) is 25.7 Å². The molecule has 1 aromatic carbocycles. The van der Waals surface area contributed by atoms with Gasteiger partial charge in [0, 0.05) is 23.5 Å². The predicted octanol–water partition coefficient (Wildman–Crippen LogP) is 3.36. The zero-order valence-corrected chi connectivity index (χ0v) is 14.5. The van der Waals surface area contributed by atoms with E-state index in [9.17, 15) is 13.2 Å². The number of benzene rings is 1. The minimum atomic E-state index is -3.58. The van der Waals surface area contributed by atoms with Crippen LogP contribution >= 0.6 is 15.9 Å². The van der Waals surface area contributed by atoms with Gasteiger partial charge < -0.3 is 0 Å². The summed E-state index contributed by atoms with van der Waals surface area (Å²) in [6.45, 7) is 2.01. The Morgan fingerprint density at radius 1 is 1.29 bits per heavy atom. The van der Waals surface area contributed by atoms with Crippen molar-refractivity contribution in [2.45, 2.75) is 50.0 Å². The zero-order valence-electron chi connectivity index (χ0n) is 12.1. The lowest BCUT2D eigenvalue weighted by Crippen LogP contribution is -2.41. The number of ketones is 1. The molecule has 0 aromatic heterocycles. The standard InChI is InChI=1S/C15H20BrNO3S/c1-12(18)11-13-7-3-2-6-10-17(13)21(19,20)15-9-5-4-8-14(15)16/h4-5,8-9,13H,2-3,6-7,10-11H2,1H3. The maximum absolute atomic E-state index is 12.9. The third-order valence-corrected chi connectivity index (χ3v) is 6.73. The van der Waals surface area contributed by atoms with Gasteiger partial charge in [0.1, 0.15) is 5.78 Å². The summed E-state index contributed by atoms with van der Waals surface area (Å²) in [4.78, 5) is 11.7. The lowest BCUT2D eigenvalue weighted by molar-refractivity contribution is -0.117. The summed E-state index contributed by atoms with van der Waals surface area (Å²) in [6.07, 6.45) is 3.88. The second-order valence-corrected chi connectivity index (χ2v) is 8.17. The van der Waals surface area contributed by atoms with E-state index in [1.807, 2.05) is 0 Å². The molecule has 0 radical (unpaired) electrons. The third-order valence-electron chi connectivity index (χ3n) is 3.77. The molecule has 1 aromatic rings. The van der Waals surface area contributed by atoms with Gasteiger partial charge in [-0.3, -0.25) is 4.79 Å². The predicted molar refractivity (Wildman–Crippen MR) is 85.6 cm³/mol. The van der Waals surface area contributed by atoms with Gasteiger partial charge in [0.15, 0.2) is 0 Å². The molecular formula is C15H20BrNO3S. The maximum Gasteiger partial charge on any atom is 0.244 e. The molecule has 0 spiro atoms. The first-order chi connectivity index (χ1) is 9.93. The second-order valence-electron chi connectivity index (χ2n) is 5.46. The third kappa shape index (κ3) is 3.93. The first-order valence-corrected chi connectivity index (χ1v) is 9.42. The van der Waals surface area contributed by atoms with Crippen molar-refractivity contribution >= 4 is 31.7 Å². The van der Waals surface area contributed by atoms with Crippen LogP contribution in [-0.4, -0.2) is 31.1 Å². The highest BCUT2D eigenvalue weighted by molar-refractivity contribution is 9.10. The molecular weight excluding hydrogens is 354 g/mol. The van der Waals surface area contributed by atoms with Crippen molar-refractivity contribution in [2.24, 2.45) is 0 Å². The average Bonchev–Trinajstić information content (AvgIpc) is 2.64. The smallest absolute Gasteiger partial charge is 0.244 e. The molecule has 1 aliphatic rings. The van der Waals surface area contributed by atoms with Crippen LogP contribution in [0.3, 0.4) is 0 Å². The zero-order chi connectivity index (χ0) is 15.5. The Morgan fingerprint density at radius 2 is 2.00 bits per heavy atom. The lowest BCUT2D eigenvalue weighted by atomic mass is 10.1. The number of carbonyl (C=O) groups excluding carboxylic acids is 1. The van der Waals surface area contributed by atoms with Gasteiger partial charge in [0.25, 0.3) is 0 Å². The van der Waals surface area contributed by atoms with Crippen LogP contribution in [0.4, 0.5) is 0 Å².